The fourth-order valence-electron chi connectivity index (χ4n) is 2.90. The molecule has 0 bridgehead atoms. The van der Waals surface area contributed by atoms with Gasteiger partial charge in [-0.1, -0.05) is 103 Å². The molecule has 0 aliphatic carbocycles. The van der Waals surface area contributed by atoms with Gasteiger partial charge in [0, 0.05) is 32.9 Å². The van der Waals surface area contributed by atoms with Gasteiger partial charge in [0.05, 0.1) is 0 Å². The summed E-state index contributed by atoms with van der Waals surface area (Å²) in [6.45, 7) is 4.47. The summed E-state index contributed by atoms with van der Waals surface area (Å²) in [6.07, 6.45) is 22.1. The van der Waals surface area contributed by atoms with E-state index in [9.17, 15) is 4.79 Å². The van der Waals surface area contributed by atoms with E-state index in [0.717, 1.165) is 13.0 Å². The van der Waals surface area contributed by atoms with Gasteiger partial charge in [0.1, 0.15) is 0 Å². The Kier molecular flexibility index (Phi) is 25.2. The molecule has 0 aromatic carbocycles. The molecule has 0 fully saturated rings. The van der Waals surface area contributed by atoms with Gasteiger partial charge in [0.2, 0.25) is 0 Å². The zero-order chi connectivity index (χ0) is 17.0. The molecule has 0 aromatic heterocycles. The molecule has 140 valence electrons. The minimum atomic E-state index is -0.263. The van der Waals surface area contributed by atoms with Crippen molar-refractivity contribution in [2.24, 2.45) is 0 Å². The van der Waals surface area contributed by atoms with Crippen LogP contribution < -0.4 is 5.48 Å². The van der Waals surface area contributed by atoms with Crippen LogP contribution in [0, 0.1) is 0 Å². The van der Waals surface area contributed by atoms with E-state index in [-0.39, 0.29) is 25.4 Å². The molecule has 0 rings (SSSR count). The summed E-state index contributed by atoms with van der Waals surface area (Å²) in [4.78, 5) is 15.2. The van der Waals surface area contributed by atoms with E-state index in [1.165, 1.54) is 103 Å². The van der Waals surface area contributed by atoms with Crippen LogP contribution >= 0.6 is 0 Å². The first kappa shape index (κ1) is 26.3. The van der Waals surface area contributed by atoms with Gasteiger partial charge in [0.25, 0.3) is 0 Å². The van der Waals surface area contributed by atoms with Gasteiger partial charge in [-0.2, -0.15) is 5.48 Å². The molecule has 1 N–H and O–H groups in total. The second-order valence-electron chi connectivity index (χ2n) is 6.79. The van der Waals surface area contributed by atoms with Crippen LogP contribution in [0.4, 0.5) is 0 Å². The van der Waals surface area contributed by atoms with E-state index in [2.05, 4.69) is 17.2 Å². The van der Waals surface area contributed by atoms with Crippen LogP contribution in [0.1, 0.15) is 117 Å². The summed E-state index contributed by atoms with van der Waals surface area (Å²) >= 11 is 0. The molecule has 0 atom stereocenters. The van der Waals surface area contributed by atoms with Crippen LogP contribution in [0.5, 0.6) is 0 Å². The number of carbonyl (C=O) groups is 1. The summed E-state index contributed by atoms with van der Waals surface area (Å²) in [5.74, 6) is -0.263. The molecular formula is C20H41NO2Zn. The van der Waals surface area contributed by atoms with Crippen molar-refractivity contribution in [3.63, 3.8) is 0 Å². The van der Waals surface area contributed by atoms with E-state index < -0.39 is 0 Å². The maximum Gasteiger partial charge on any atom is 0.321 e. The molecule has 0 aliphatic rings. The van der Waals surface area contributed by atoms with Gasteiger partial charge < -0.3 is 4.84 Å². The normalized spacial score (nSPS) is 10.4. The Morgan fingerprint density at radius 3 is 1.33 bits per heavy atom. The van der Waals surface area contributed by atoms with Crippen LogP contribution in [0.3, 0.4) is 0 Å². The molecular weight excluding hydrogens is 352 g/mol. The number of carbonyl (C=O) groups excluding carboxylic acids is 1. The van der Waals surface area contributed by atoms with E-state index in [1.54, 1.807) is 0 Å². The Morgan fingerprint density at radius 2 is 1.00 bits per heavy atom. The van der Waals surface area contributed by atoms with Crippen molar-refractivity contribution < 1.29 is 29.1 Å². The van der Waals surface area contributed by atoms with Gasteiger partial charge in [-0.3, -0.25) is 4.79 Å². The SMILES string of the molecule is CCCCCCCCCCCCCCCCCCNOC(C)=O.[Zn]. The average molecular weight is 393 g/mol. The molecule has 0 saturated heterocycles. The van der Waals surface area contributed by atoms with Gasteiger partial charge in [-0.05, 0) is 6.42 Å². The molecule has 0 radical (unpaired) electrons. The third-order valence-corrected chi connectivity index (χ3v) is 4.35. The summed E-state index contributed by atoms with van der Waals surface area (Å²) in [6, 6.07) is 0. The standard InChI is InChI=1S/C20H41NO2.Zn/c1-3-4-5-6-7-8-9-10-11-12-13-14-15-16-17-18-19-21-23-20(2)22;/h21H,3-19H2,1-2H3;. The Hall–Kier alpha value is 0.0534. The third-order valence-electron chi connectivity index (χ3n) is 4.35. The summed E-state index contributed by atoms with van der Waals surface area (Å²) in [5.41, 5.74) is 2.68. The quantitative estimate of drug-likeness (QED) is 0.169. The number of unbranched alkanes of at least 4 members (excludes halogenated alkanes) is 15. The molecule has 0 saturated carbocycles. The number of hydrogen-bond acceptors (Lipinski definition) is 3. The minimum absolute atomic E-state index is 0. The average Bonchev–Trinajstić information content (AvgIpc) is 2.53. The first-order chi connectivity index (χ1) is 11.3. The topological polar surface area (TPSA) is 38.3 Å². The summed E-state index contributed by atoms with van der Waals surface area (Å²) < 4.78 is 0. The van der Waals surface area contributed by atoms with Crippen molar-refractivity contribution in [1.29, 1.82) is 0 Å². The molecule has 3 nitrogen and oxygen atoms in total. The molecule has 0 amide bonds. The molecule has 0 spiro atoms. The Balaban J connectivity index is 0. The van der Waals surface area contributed by atoms with E-state index in [4.69, 9.17) is 0 Å². The predicted molar refractivity (Wildman–Crippen MR) is 99.3 cm³/mol. The third kappa shape index (κ3) is 24.3. The number of nitrogens with one attached hydrogen (secondary N) is 1. The monoisotopic (exact) mass is 391 g/mol. The van der Waals surface area contributed by atoms with E-state index in [0.29, 0.717) is 0 Å². The molecule has 24 heavy (non-hydrogen) atoms. The predicted octanol–water partition coefficient (Wildman–Crippen LogP) is 6.31. The van der Waals surface area contributed by atoms with E-state index >= 15 is 0 Å². The van der Waals surface area contributed by atoms with Gasteiger partial charge in [-0.15, -0.1) is 0 Å². The van der Waals surface area contributed by atoms with Crippen LogP contribution in [0.2, 0.25) is 0 Å². The molecule has 0 aromatic rings. The number of hydroxylamine groups is 1. The minimum Gasteiger partial charge on any atom is -0.371 e. The van der Waals surface area contributed by atoms with Crippen LogP contribution in [0.15, 0.2) is 0 Å². The largest absolute Gasteiger partial charge is 0.371 e. The molecule has 0 aliphatic heterocycles. The van der Waals surface area contributed by atoms with Crippen molar-refractivity contribution in [3.8, 4) is 0 Å². The number of hydrogen-bond donors (Lipinski definition) is 1. The maximum atomic E-state index is 10.5. The van der Waals surface area contributed by atoms with E-state index in [1.807, 2.05) is 0 Å². The Morgan fingerprint density at radius 1 is 0.667 bits per heavy atom. The molecule has 0 heterocycles. The summed E-state index contributed by atoms with van der Waals surface area (Å²) in [7, 11) is 0. The van der Waals surface area contributed by atoms with Crippen LogP contribution in [-0.4, -0.2) is 12.5 Å². The van der Waals surface area contributed by atoms with Crippen molar-refractivity contribution in [2.45, 2.75) is 117 Å². The fraction of sp³-hybridized carbons (Fsp3) is 0.950. The van der Waals surface area contributed by atoms with Gasteiger partial charge in [0.15, 0.2) is 0 Å². The Bertz CT molecular complexity index is 250. The number of rotatable bonds is 18. The van der Waals surface area contributed by atoms with Crippen molar-refractivity contribution >= 4 is 5.97 Å². The second-order valence-corrected chi connectivity index (χ2v) is 6.79. The van der Waals surface area contributed by atoms with Crippen molar-refractivity contribution in [1.82, 2.24) is 5.48 Å². The van der Waals surface area contributed by atoms with Gasteiger partial charge >= 0.3 is 5.97 Å². The van der Waals surface area contributed by atoms with Crippen molar-refractivity contribution in [2.75, 3.05) is 6.54 Å². The zero-order valence-electron chi connectivity index (χ0n) is 16.5. The molecule has 0 unspecified atom stereocenters. The van der Waals surface area contributed by atoms with Gasteiger partial charge in [-0.25, -0.2) is 0 Å². The van der Waals surface area contributed by atoms with Crippen molar-refractivity contribution in [3.05, 3.63) is 0 Å². The first-order valence-electron chi connectivity index (χ1n) is 10.2. The van der Waals surface area contributed by atoms with Crippen LogP contribution in [0.25, 0.3) is 0 Å². The fourth-order valence-corrected chi connectivity index (χ4v) is 2.90. The summed E-state index contributed by atoms with van der Waals surface area (Å²) in [5, 5.41) is 0. The second kappa shape index (κ2) is 23.1. The smallest absolute Gasteiger partial charge is 0.321 e. The molecule has 4 heteroatoms. The Labute approximate surface area is 163 Å². The first-order valence-corrected chi connectivity index (χ1v) is 10.2. The maximum absolute atomic E-state index is 10.5. The zero-order valence-corrected chi connectivity index (χ0v) is 19.5. The van der Waals surface area contributed by atoms with Crippen LogP contribution in [-0.2, 0) is 29.1 Å².